The highest BCUT2D eigenvalue weighted by Gasteiger charge is 2.28. The van der Waals surface area contributed by atoms with Gasteiger partial charge in [0.1, 0.15) is 12.3 Å². The lowest BCUT2D eigenvalue weighted by Gasteiger charge is -2.34. The van der Waals surface area contributed by atoms with Crippen molar-refractivity contribution >= 4 is 27.3 Å². The van der Waals surface area contributed by atoms with Gasteiger partial charge in [-0.2, -0.15) is 0 Å². The number of rotatable bonds is 8. The number of hydrogen-bond acceptors (Lipinski definition) is 6. The summed E-state index contributed by atoms with van der Waals surface area (Å²) < 4.78 is 29.1. The fourth-order valence-corrected chi connectivity index (χ4v) is 4.98. The van der Waals surface area contributed by atoms with Crippen molar-refractivity contribution in [2.24, 2.45) is 0 Å². The first-order valence-corrected chi connectivity index (χ1v) is 13.6. The standard InChI is InChI=1S/C25H31N3O5S/c1-34(31,32)23-11-5-20(6-12-23)25(30)27-16-17-28(24(29)19-27)21-7-9-22(10-8-21)33-18-4-15-26-13-2-3-14-26/h5-12H,2-4,13-19H2,1H3. The highest BCUT2D eigenvalue weighted by Crippen LogP contribution is 2.22. The molecule has 0 aromatic heterocycles. The van der Waals surface area contributed by atoms with E-state index < -0.39 is 9.84 Å². The van der Waals surface area contributed by atoms with Crippen LogP contribution in [0.25, 0.3) is 0 Å². The number of sulfone groups is 1. The number of carbonyl (C=O) groups is 2. The van der Waals surface area contributed by atoms with Crippen LogP contribution in [0.15, 0.2) is 53.4 Å². The Labute approximate surface area is 201 Å². The summed E-state index contributed by atoms with van der Waals surface area (Å²) in [6, 6.07) is 13.3. The molecule has 2 amide bonds. The Morgan fingerprint density at radius 2 is 1.62 bits per heavy atom. The van der Waals surface area contributed by atoms with E-state index in [0.29, 0.717) is 25.3 Å². The van der Waals surface area contributed by atoms with E-state index in [-0.39, 0.29) is 23.3 Å². The summed E-state index contributed by atoms with van der Waals surface area (Å²) >= 11 is 0. The Hall–Kier alpha value is -2.91. The van der Waals surface area contributed by atoms with Gasteiger partial charge in [0.25, 0.3) is 5.91 Å². The Kier molecular flexibility index (Phi) is 7.53. The average molecular weight is 486 g/mol. The minimum absolute atomic E-state index is 0.0264. The maximum absolute atomic E-state index is 12.8. The number of benzene rings is 2. The van der Waals surface area contributed by atoms with Gasteiger partial charge in [0, 0.05) is 37.1 Å². The van der Waals surface area contributed by atoms with Crippen LogP contribution < -0.4 is 9.64 Å². The maximum atomic E-state index is 12.8. The minimum atomic E-state index is -3.33. The molecule has 2 aliphatic heterocycles. The molecule has 0 bridgehead atoms. The van der Waals surface area contributed by atoms with Gasteiger partial charge < -0.3 is 19.4 Å². The predicted octanol–water partition coefficient (Wildman–Crippen LogP) is 2.44. The van der Waals surface area contributed by atoms with Gasteiger partial charge in [-0.15, -0.1) is 0 Å². The van der Waals surface area contributed by atoms with Crippen LogP contribution in [0.2, 0.25) is 0 Å². The van der Waals surface area contributed by atoms with Crippen molar-refractivity contribution in [3.8, 4) is 5.75 Å². The smallest absolute Gasteiger partial charge is 0.254 e. The summed E-state index contributed by atoms with van der Waals surface area (Å²) in [6.45, 7) is 4.88. The van der Waals surface area contributed by atoms with Crippen LogP contribution in [0.5, 0.6) is 5.75 Å². The summed E-state index contributed by atoms with van der Waals surface area (Å²) in [6.07, 6.45) is 4.70. The summed E-state index contributed by atoms with van der Waals surface area (Å²) in [5, 5.41) is 0. The van der Waals surface area contributed by atoms with Crippen molar-refractivity contribution in [2.45, 2.75) is 24.2 Å². The van der Waals surface area contributed by atoms with E-state index in [4.69, 9.17) is 4.74 Å². The van der Waals surface area contributed by atoms with Crippen molar-refractivity contribution in [1.29, 1.82) is 0 Å². The third-order valence-corrected chi connectivity index (χ3v) is 7.40. The monoisotopic (exact) mass is 485 g/mol. The molecule has 4 rings (SSSR count). The highest BCUT2D eigenvalue weighted by atomic mass is 32.2. The molecule has 2 aromatic rings. The fourth-order valence-electron chi connectivity index (χ4n) is 4.35. The van der Waals surface area contributed by atoms with Gasteiger partial charge in [0.2, 0.25) is 5.91 Å². The lowest BCUT2D eigenvalue weighted by atomic mass is 10.1. The predicted molar refractivity (Wildman–Crippen MR) is 130 cm³/mol. The second-order valence-corrected chi connectivity index (χ2v) is 10.8. The van der Waals surface area contributed by atoms with Gasteiger partial charge >= 0.3 is 0 Å². The zero-order valence-electron chi connectivity index (χ0n) is 19.5. The number of amides is 2. The first kappa shape index (κ1) is 24.2. The molecule has 2 fully saturated rings. The number of piperazine rings is 1. The van der Waals surface area contributed by atoms with Crippen molar-refractivity contribution in [3.05, 3.63) is 54.1 Å². The Balaban J connectivity index is 1.28. The average Bonchev–Trinajstić information content (AvgIpc) is 3.35. The molecule has 0 N–H and O–H groups in total. The second-order valence-electron chi connectivity index (χ2n) is 8.81. The molecule has 0 radical (unpaired) electrons. The quantitative estimate of drug-likeness (QED) is 0.534. The number of ether oxygens (including phenoxy) is 1. The number of nitrogens with zero attached hydrogens (tertiary/aromatic N) is 3. The van der Waals surface area contributed by atoms with Crippen LogP contribution in [0.1, 0.15) is 29.6 Å². The van der Waals surface area contributed by atoms with Crippen molar-refractivity contribution in [3.63, 3.8) is 0 Å². The number of likely N-dealkylation sites (tertiary alicyclic amines) is 1. The van der Waals surface area contributed by atoms with E-state index in [2.05, 4.69) is 4.90 Å². The van der Waals surface area contributed by atoms with Crippen molar-refractivity contribution < 1.29 is 22.7 Å². The molecule has 34 heavy (non-hydrogen) atoms. The lowest BCUT2D eigenvalue weighted by Crippen LogP contribution is -2.52. The molecule has 0 spiro atoms. The summed E-state index contributed by atoms with van der Waals surface area (Å²) in [5.74, 6) is 0.335. The van der Waals surface area contributed by atoms with Crippen molar-refractivity contribution in [1.82, 2.24) is 9.80 Å². The van der Waals surface area contributed by atoms with Gasteiger partial charge in [0.05, 0.1) is 11.5 Å². The minimum Gasteiger partial charge on any atom is -0.494 e. The topological polar surface area (TPSA) is 87.2 Å². The first-order valence-electron chi connectivity index (χ1n) is 11.7. The second kappa shape index (κ2) is 10.6. The normalized spacial score (nSPS) is 17.3. The summed E-state index contributed by atoms with van der Waals surface area (Å²) in [4.78, 5) is 31.3. The zero-order chi connectivity index (χ0) is 24.1. The van der Waals surface area contributed by atoms with Gasteiger partial charge in [-0.05, 0) is 80.9 Å². The SMILES string of the molecule is CS(=O)(=O)c1ccc(C(=O)N2CCN(c3ccc(OCCCN4CCCC4)cc3)C(=O)C2)cc1. The van der Waals surface area contributed by atoms with Gasteiger partial charge in [0.15, 0.2) is 9.84 Å². The number of carbonyl (C=O) groups excluding carboxylic acids is 2. The maximum Gasteiger partial charge on any atom is 0.254 e. The van der Waals surface area contributed by atoms with E-state index in [1.807, 2.05) is 24.3 Å². The van der Waals surface area contributed by atoms with Crippen LogP contribution in [0.3, 0.4) is 0 Å². The Morgan fingerprint density at radius 3 is 2.24 bits per heavy atom. The third kappa shape index (κ3) is 5.95. The molecule has 0 aliphatic carbocycles. The fraction of sp³-hybridized carbons (Fsp3) is 0.440. The molecular weight excluding hydrogens is 454 g/mol. The molecule has 2 aromatic carbocycles. The first-order chi connectivity index (χ1) is 16.3. The Bertz CT molecular complexity index is 1110. The van der Waals surface area contributed by atoms with E-state index in [1.165, 1.54) is 55.1 Å². The summed E-state index contributed by atoms with van der Waals surface area (Å²) in [7, 11) is -3.33. The largest absolute Gasteiger partial charge is 0.494 e. The van der Waals surface area contributed by atoms with E-state index in [0.717, 1.165) is 30.7 Å². The molecule has 0 atom stereocenters. The van der Waals surface area contributed by atoms with E-state index in [1.54, 1.807) is 4.90 Å². The van der Waals surface area contributed by atoms with Gasteiger partial charge in [-0.1, -0.05) is 0 Å². The van der Waals surface area contributed by atoms with Gasteiger partial charge in [-0.3, -0.25) is 9.59 Å². The lowest BCUT2D eigenvalue weighted by molar-refractivity contribution is -0.120. The molecule has 8 nitrogen and oxygen atoms in total. The Morgan fingerprint density at radius 1 is 0.941 bits per heavy atom. The number of anilines is 1. The zero-order valence-corrected chi connectivity index (χ0v) is 20.3. The van der Waals surface area contributed by atoms with E-state index >= 15 is 0 Å². The highest BCUT2D eigenvalue weighted by molar-refractivity contribution is 7.90. The molecule has 2 heterocycles. The van der Waals surface area contributed by atoms with Gasteiger partial charge in [-0.25, -0.2) is 8.42 Å². The van der Waals surface area contributed by atoms with Crippen LogP contribution in [0.4, 0.5) is 5.69 Å². The molecule has 0 unspecified atom stereocenters. The van der Waals surface area contributed by atoms with Crippen LogP contribution in [-0.2, 0) is 14.6 Å². The molecule has 2 saturated heterocycles. The van der Waals surface area contributed by atoms with Crippen molar-refractivity contribution in [2.75, 3.05) is 57.0 Å². The molecule has 9 heteroatoms. The molecule has 182 valence electrons. The van der Waals surface area contributed by atoms with Crippen LogP contribution in [-0.4, -0.2) is 82.2 Å². The molecule has 2 aliphatic rings. The van der Waals surface area contributed by atoms with Crippen LogP contribution >= 0.6 is 0 Å². The van der Waals surface area contributed by atoms with E-state index in [9.17, 15) is 18.0 Å². The van der Waals surface area contributed by atoms with Crippen LogP contribution in [0, 0.1) is 0 Å². The summed E-state index contributed by atoms with van der Waals surface area (Å²) in [5.41, 5.74) is 1.14. The molecular formula is C25H31N3O5S. The third-order valence-electron chi connectivity index (χ3n) is 6.27. The number of hydrogen-bond donors (Lipinski definition) is 0. The molecule has 0 saturated carbocycles.